The van der Waals surface area contributed by atoms with Crippen LogP contribution < -0.4 is 5.32 Å². The molecule has 2 N–H and O–H groups in total. The van der Waals surface area contributed by atoms with Crippen LogP contribution in [-0.2, 0) is 6.54 Å². The van der Waals surface area contributed by atoms with E-state index < -0.39 is 6.09 Å². The molecule has 4 aromatic rings. The molecule has 2 amide bonds. The van der Waals surface area contributed by atoms with Gasteiger partial charge >= 0.3 is 6.09 Å². The number of aromatic nitrogens is 4. The first-order valence-corrected chi connectivity index (χ1v) is 11.2. The second-order valence-corrected chi connectivity index (χ2v) is 8.42. The number of carbonyl (C=O) groups excluding carboxylic acids is 1. The van der Waals surface area contributed by atoms with Gasteiger partial charge in [-0.05, 0) is 57.0 Å². The number of carboxylic acid groups (broad SMARTS) is 1. The fourth-order valence-corrected chi connectivity index (χ4v) is 4.78. The second-order valence-electron chi connectivity index (χ2n) is 8.42. The molecule has 0 bridgehead atoms. The maximum atomic E-state index is 13.2. The van der Waals surface area contributed by atoms with Crippen molar-refractivity contribution in [1.29, 1.82) is 0 Å². The van der Waals surface area contributed by atoms with Crippen LogP contribution >= 0.6 is 0 Å². The fraction of sp³-hybridized carbons (Fsp3) is 0.333. The normalized spacial score (nSPS) is 16.4. The fourth-order valence-electron chi connectivity index (χ4n) is 4.78. The smallest absolute Gasteiger partial charge is 0.404 e. The van der Waals surface area contributed by atoms with E-state index in [0.717, 1.165) is 47.5 Å². The molecule has 1 saturated heterocycles. The van der Waals surface area contributed by atoms with Gasteiger partial charge in [0, 0.05) is 54.7 Å². The summed E-state index contributed by atoms with van der Waals surface area (Å²) in [6.45, 7) is 5.87. The first-order valence-electron chi connectivity index (χ1n) is 11.2. The van der Waals surface area contributed by atoms with Crippen molar-refractivity contribution in [3.05, 3.63) is 54.0 Å². The molecular weight excluding hydrogens is 420 g/mol. The molecule has 1 aliphatic rings. The summed E-state index contributed by atoms with van der Waals surface area (Å²) in [5, 5.41) is 12.6. The van der Waals surface area contributed by atoms with Crippen LogP contribution in [0.1, 0.15) is 35.8 Å². The third-order valence-electron chi connectivity index (χ3n) is 6.36. The van der Waals surface area contributed by atoms with Gasteiger partial charge in [-0.3, -0.25) is 4.79 Å². The van der Waals surface area contributed by atoms with E-state index in [1.165, 1.54) is 0 Å². The Kier molecular flexibility index (Phi) is 5.24. The Morgan fingerprint density at radius 3 is 2.91 bits per heavy atom. The Balaban J connectivity index is 1.49. The van der Waals surface area contributed by atoms with Crippen molar-refractivity contribution in [2.24, 2.45) is 0 Å². The van der Waals surface area contributed by atoms with Gasteiger partial charge in [-0.2, -0.15) is 0 Å². The molecule has 9 nitrogen and oxygen atoms in total. The third kappa shape index (κ3) is 3.69. The van der Waals surface area contributed by atoms with Gasteiger partial charge in [-0.15, -0.1) is 0 Å². The van der Waals surface area contributed by atoms with E-state index in [4.69, 9.17) is 10.1 Å². The van der Waals surface area contributed by atoms with E-state index in [1.54, 1.807) is 17.2 Å². The monoisotopic (exact) mass is 446 g/mol. The summed E-state index contributed by atoms with van der Waals surface area (Å²) >= 11 is 0. The number of carbonyl (C=O) groups is 2. The van der Waals surface area contributed by atoms with Gasteiger partial charge in [-0.25, -0.2) is 14.8 Å². The van der Waals surface area contributed by atoms with Crippen LogP contribution in [0, 0.1) is 6.92 Å². The summed E-state index contributed by atoms with van der Waals surface area (Å²) in [6.07, 6.45) is 4.11. The van der Waals surface area contributed by atoms with Gasteiger partial charge in [0.2, 0.25) is 0 Å². The van der Waals surface area contributed by atoms with Gasteiger partial charge < -0.3 is 24.3 Å². The van der Waals surface area contributed by atoms with Crippen LogP contribution in [0.5, 0.6) is 0 Å². The number of pyridine rings is 2. The molecular formula is C24H26N6O3. The highest BCUT2D eigenvalue weighted by molar-refractivity contribution is 5.95. The number of fused-ring (bicyclic) bond motifs is 2. The molecule has 1 unspecified atom stereocenters. The summed E-state index contributed by atoms with van der Waals surface area (Å²) in [4.78, 5) is 35.3. The minimum atomic E-state index is -1.06. The molecule has 170 valence electrons. The van der Waals surface area contributed by atoms with Crippen LogP contribution in [0.2, 0.25) is 0 Å². The zero-order chi connectivity index (χ0) is 23.1. The quantitative estimate of drug-likeness (QED) is 0.499. The topological polar surface area (TPSA) is 105 Å². The predicted octanol–water partition coefficient (Wildman–Crippen LogP) is 3.55. The standard InChI is InChI=1S/C24H26N6O3/c1-3-29-19(12-16-6-4-9-25-22(16)29)21-15(2)30-11-8-17(13-20(30)27-21)23(31)28-10-5-7-18(14-28)26-24(32)33/h4,6,8-9,11-13,18,26H,3,5,7,10,14H2,1-2H3,(H,32,33). The van der Waals surface area contributed by atoms with Crippen molar-refractivity contribution < 1.29 is 14.7 Å². The second kappa shape index (κ2) is 8.23. The summed E-state index contributed by atoms with van der Waals surface area (Å²) < 4.78 is 4.14. The number of nitrogens with zero attached hydrogens (tertiary/aromatic N) is 5. The van der Waals surface area contributed by atoms with Gasteiger partial charge in [-0.1, -0.05) is 0 Å². The lowest BCUT2D eigenvalue weighted by atomic mass is 10.0. The van der Waals surface area contributed by atoms with E-state index in [0.29, 0.717) is 24.3 Å². The summed E-state index contributed by atoms with van der Waals surface area (Å²) in [7, 11) is 0. The Morgan fingerprint density at radius 1 is 1.27 bits per heavy atom. The van der Waals surface area contributed by atoms with Crippen LogP contribution in [0.3, 0.4) is 0 Å². The molecule has 1 fully saturated rings. The van der Waals surface area contributed by atoms with Crippen LogP contribution in [0.4, 0.5) is 4.79 Å². The van der Waals surface area contributed by atoms with Crippen molar-refractivity contribution in [3.8, 4) is 11.4 Å². The molecule has 0 aromatic carbocycles. The predicted molar refractivity (Wildman–Crippen MR) is 124 cm³/mol. The van der Waals surface area contributed by atoms with E-state index in [2.05, 4.69) is 27.9 Å². The van der Waals surface area contributed by atoms with E-state index in [9.17, 15) is 9.59 Å². The van der Waals surface area contributed by atoms with Crippen molar-refractivity contribution in [1.82, 2.24) is 29.2 Å². The lowest BCUT2D eigenvalue weighted by Crippen LogP contribution is -2.49. The summed E-state index contributed by atoms with van der Waals surface area (Å²) in [5.41, 5.74) is 5.03. The lowest BCUT2D eigenvalue weighted by Gasteiger charge is -2.32. The van der Waals surface area contributed by atoms with Gasteiger partial charge in [0.05, 0.1) is 5.69 Å². The molecule has 1 atom stereocenters. The van der Waals surface area contributed by atoms with Crippen molar-refractivity contribution in [2.45, 2.75) is 39.3 Å². The van der Waals surface area contributed by atoms with Crippen LogP contribution in [-0.4, -0.2) is 60.1 Å². The Hall–Kier alpha value is -3.88. The number of hydrogen-bond donors (Lipinski definition) is 2. The minimum absolute atomic E-state index is 0.108. The maximum absolute atomic E-state index is 13.2. The number of imidazole rings is 1. The molecule has 0 aliphatic carbocycles. The van der Waals surface area contributed by atoms with Crippen LogP contribution in [0.15, 0.2) is 42.7 Å². The van der Waals surface area contributed by atoms with Crippen molar-refractivity contribution in [3.63, 3.8) is 0 Å². The van der Waals surface area contributed by atoms with Crippen LogP contribution in [0.25, 0.3) is 28.1 Å². The van der Waals surface area contributed by atoms with Gasteiger partial charge in [0.25, 0.3) is 5.91 Å². The van der Waals surface area contributed by atoms with Gasteiger partial charge in [0.15, 0.2) is 0 Å². The SMILES string of the molecule is CCn1c(-c2nc3cc(C(=O)N4CCCC(NC(=O)O)C4)ccn3c2C)cc2cccnc21. The van der Waals surface area contributed by atoms with Crippen molar-refractivity contribution in [2.75, 3.05) is 13.1 Å². The summed E-state index contributed by atoms with van der Waals surface area (Å²) in [5.74, 6) is -0.108. The number of likely N-dealkylation sites (tertiary alicyclic amines) is 1. The third-order valence-corrected chi connectivity index (χ3v) is 6.36. The number of piperidine rings is 1. The molecule has 1 aliphatic heterocycles. The number of amides is 2. The van der Waals surface area contributed by atoms with E-state index in [1.807, 2.05) is 35.7 Å². The first-order chi connectivity index (χ1) is 16.0. The average Bonchev–Trinajstić information content (AvgIpc) is 3.35. The molecule has 0 radical (unpaired) electrons. The molecule has 5 rings (SSSR count). The minimum Gasteiger partial charge on any atom is -0.465 e. The number of rotatable bonds is 4. The molecule has 0 saturated carbocycles. The maximum Gasteiger partial charge on any atom is 0.404 e. The molecule has 0 spiro atoms. The highest BCUT2D eigenvalue weighted by atomic mass is 16.4. The molecule has 5 heterocycles. The van der Waals surface area contributed by atoms with E-state index in [-0.39, 0.29) is 11.9 Å². The number of hydrogen-bond acceptors (Lipinski definition) is 4. The van der Waals surface area contributed by atoms with Gasteiger partial charge in [0.1, 0.15) is 17.0 Å². The lowest BCUT2D eigenvalue weighted by molar-refractivity contribution is 0.0692. The highest BCUT2D eigenvalue weighted by Crippen LogP contribution is 2.30. The molecule has 33 heavy (non-hydrogen) atoms. The van der Waals surface area contributed by atoms with E-state index >= 15 is 0 Å². The Bertz CT molecular complexity index is 1370. The highest BCUT2D eigenvalue weighted by Gasteiger charge is 2.26. The average molecular weight is 447 g/mol. The van der Waals surface area contributed by atoms with Crippen molar-refractivity contribution >= 4 is 28.7 Å². The first kappa shape index (κ1) is 21.0. The zero-order valence-corrected chi connectivity index (χ0v) is 18.7. The Morgan fingerprint density at radius 2 is 2.12 bits per heavy atom. The number of aryl methyl sites for hydroxylation is 2. The zero-order valence-electron chi connectivity index (χ0n) is 18.7. The molecule has 4 aromatic heterocycles. The summed E-state index contributed by atoms with van der Waals surface area (Å²) in [6, 6.07) is 9.45. The molecule has 9 heteroatoms. The Labute approximate surface area is 190 Å². The largest absolute Gasteiger partial charge is 0.465 e. The number of nitrogens with one attached hydrogen (secondary N) is 1.